The first-order chi connectivity index (χ1) is 13.5. The highest BCUT2D eigenvalue weighted by atomic mass is 16.5. The van der Waals surface area contributed by atoms with Crippen molar-refractivity contribution in [1.29, 1.82) is 0 Å². The molecule has 1 aliphatic rings. The molecule has 1 aliphatic heterocycles. The Kier molecular flexibility index (Phi) is 6.26. The molecular formula is C21H25N3O4. The lowest BCUT2D eigenvalue weighted by atomic mass is 10.0. The Balaban J connectivity index is 1.76. The molecule has 2 aromatic rings. The van der Waals surface area contributed by atoms with E-state index < -0.39 is 12.0 Å². The fourth-order valence-electron chi connectivity index (χ4n) is 3.49. The van der Waals surface area contributed by atoms with E-state index in [1.807, 2.05) is 23.1 Å². The summed E-state index contributed by atoms with van der Waals surface area (Å²) in [6.45, 7) is 1.65. The number of esters is 1. The molecule has 1 N–H and O–H groups in total. The SMILES string of the molecule is COC(=O)CN(C)C(=O)C[C@H]1C(=O)NCCN1Cc1cccc2ccccc12. The minimum Gasteiger partial charge on any atom is -0.468 e. The summed E-state index contributed by atoms with van der Waals surface area (Å²) >= 11 is 0. The van der Waals surface area contributed by atoms with Gasteiger partial charge in [-0.05, 0) is 16.3 Å². The van der Waals surface area contributed by atoms with Crippen molar-refractivity contribution in [2.24, 2.45) is 0 Å². The summed E-state index contributed by atoms with van der Waals surface area (Å²) in [5.41, 5.74) is 1.12. The molecule has 3 rings (SSSR count). The third kappa shape index (κ3) is 4.48. The van der Waals surface area contributed by atoms with Crippen LogP contribution in [0, 0.1) is 0 Å². The van der Waals surface area contributed by atoms with Gasteiger partial charge in [-0.2, -0.15) is 0 Å². The minimum atomic E-state index is -0.569. The van der Waals surface area contributed by atoms with Gasteiger partial charge in [0, 0.05) is 26.7 Å². The Labute approximate surface area is 164 Å². The monoisotopic (exact) mass is 383 g/mol. The molecule has 0 radical (unpaired) electrons. The number of methoxy groups -OCH3 is 1. The molecule has 1 heterocycles. The zero-order valence-corrected chi connectivity index (χ0v) is 16.2. The molecule has 1 atom stereocenters. The van der Waals surface area contributed by atoms with Gasteiger partial charge in [0.25, 0.3) is 0 Å². The van der Waals surface area contributed by atoms with E-state index in [4.69, 9.17) is 0 Å². The molecule has 1 fully saturated rings. The van der Waals surface area contributed by atoms with Crippen molar-refractivity contribution in [3.8, 4) is 0 Å². The molecular weight excluding hydrogens is 358 g/mol. The number of nitrogens with one attached hydrogen (secondary N) is 1. The van der Waals surface area contributed by atoms with Crippen molar-refractivity contribution in [2.45, 2.75) is 19.0 Å². The van der Waals surface area contributed by atoms with E-state index in [-0.39, 0.29) is 24.8 Å². The number of carbonyl (C=O) groups excluding carboxylic acids is 3. The van der Waals surface area contributed by atoms with Gasteiger partial charge in [0.15, 0.2) is 0 Å². The summed E-state index contributed by atoms with van der Waals surface area (Å²) in [6, 6.07) is 13.7. The second-order valence-corrected chi connectivity index (χ2v) is 6.95. The van der Waals surface area contributed by atoms with Crippen LogP contribution >= 0.6 is 0 Å². The van der Waals surface area contributed by atoms with Gasteiger partial charge in [-0.3, -0.25) is 19.3 Å². The molecule has 2 aromatic carbocycles. The summed E-state index contributed by atoms with van der Waals surface area (Å²) in [5, 5.41) is 5.13. The number of nitrogens with zero attached hydrogens (tertiary/aromatic N) is 2. The first kappa shape index (κ1) is 19.8. The fourth-order valence-corrected chi connectivity index (χ4v) is 3.49. The lowest BCUT2D eigenvalue weighted by molar-refractivity contribution is -0.147. The average molecular weight is 383 g/mol. The van der Waals surface area contributed by atoms with E-state index in [1.54, 1.807) is 0 Å². The van der Waals surface area contributed by atoms with Crippen molar-refractivity contribution in [2.75, 3.05) is 33.8 Å². The highest BCUT2D eigenvalue weighted by molar-refractivity contribution is 5.90. The van der Waals surface area contributed by atoms with Gasteiger partial charge < -0.3 is 15.0 Å². The number of likely N-dealkylation sites (N-methyl/N-ethyl adjacent to an activating group) is 1. The van der Waals surface area contributed by atoms with Gasteiger partial charge in [-0.1, -0.05) is 42.5 Å². The highest BCUT2D eigenvalue weighted by Gasteiger charge is 2.32. The van der Waals surface area contributed by atoms with Crippen LogP contribution < -0.4 is 5.32 Å². The van der Waals surface area contributed by atoms with Crippen LogP contribution in [0.3, 0.4) is 0 Å². The van der Waals surface area contributed by atoms with Crippen LogP contribution in [-0.4, -0.2) is 67.4 Å². The van der Waals surface area contributed by atoms with Crippen molar-refractivity contribution in [1.82, 2.24) is 15.1 Å². The maximum atomic E-state index is 12.5. The van der Waals surface area contributed by atoms with Crippen LogP contribution in [0.4, 0.5) is 0 Å². The number of carbonyl (C=O) groups is 3. The molecule has 0 bridgehead atoms. The second kappa shape index (κ2) is 8.84. The fraction of sp³-hybridized carbons (Fsp3) is 0.381. The molecule has 0 aliphatic carbocycles. The molecule has 7 nitrogen and oxygen atoms in total. The van der Waals surface area contributed by atoms with E-state index in [9.17, 15) is 14.4 Å². The number of ether oxygens (including phenoxy) is 1. The highest BCUT2D eigenvalue weighted by Crippen LogP contribution is 2.22. The van der Waals surface area contributed by atoms with Crippen LogP contribution in [0.2, 0.25) is 0 Å². The van der Waals surface area contributed by atoms with E-state index >= 15 is 0 Å². The van der Waals surface area contributed by atoms with Crippen LogP contribution in [0.5, 0.6) is 0 Å². The number of hydrogen-bond donors (Lipinski definition) is 1. The van der Waals surface area contributed by atoms with Crippen LogP contribution in [0.25, 0.3) is 10.8 Å². The molecule has 0 unspecified atom stereocenters. The van der Waals surface area contributed by atoms with Crippen molar-refractivity contribution < 1.29 is 19.1 Å². The smallest absolute Gasteiger partial charge is 0.325 e. The molecule has 28 heavy (non-hydrogen) atoms. The second-order valence-electron chi connectivity index (χ2n) is 6.95. The average Bonchev–Trinajstić information content (AvgIpc) is 2.70. The molecule has 0 saturated carbocycles. The maximum absolute atomic E-state index is 12.5. The maximum Gasteiger partial charge on any atom is 0.325 e. The molecule has 2 amide bonds. The zero-order valence-electron chi connectivity index (χ0n) is 16.2. The Morgan fingerprint density at radius 3 is 2.75 bits per heavy atom. The Bertz CT molecular complexity index is 878. The van der Waals surface area contributed by atoms with E-state index in [0.29, 0.717) is 19.6 Å². The van der Waals surface area contributed by atoms with E-state index in [2.05, 4.69) is 34.3 Å². The molecule has 148 valence electrons. The molecule has 0 spiro atoms. The van der Waals surface area contributed by atoms with Crippen LogP contribution in [0.1, 0.15) is 12.0 Å². The van der Waals surface area contributed by atoms with E-state index in [1.165, 1.54) is 19.1 Å². The lowest BCUT2D eigenvalue weighted by Crippen LogP contribution is -2.56. The summed E-state index contributed by atoms with van der Waals surface area (Å²) in [7, 11) is 2.82. The standard InChI is InChI=1S/C21H25N3O4/c1-23(14-20(26)28-2)19(25)12-18-21(27)22-10-11-24(18)13-16-8-5-7-15-6-3-4-9-17(15)16/h3-9,18H,10-14H2,1-2H3,(H,22,27)/t18-/m0/s1. The lowest BCUT2D eigenvalue weighted by Gasteiger charge is -2.35. The van der Waals surface area contributed by atoms with Gasteiger partial charge in [-0.25, -0.2) is 0 Å². The Morgan fingerprint density at radius 1 is 1.21 bits per heavy atom. The quantitative estimate of drug-likeness (QED) is 0.758. The first-order valence-electron chi connectivity index (χ1n) is 9.28. The Hall–Kier alpha value is -2.93. The Morgan fingerprint density at radius 2 is 1.96 bits per heavy atom. The third-order valence-electron chi connectivity index (χ3n) is 5.08. The summed E-state index contributed by atoms with van der Waals surface area (Å²) in [6.07, 6.45) is 0.0180. The van der Waals surface area contributed by atoms with Gasteiger partial charge in [0.05, 0.1) is 19.6 Å². The van der Waals surface area contributed by atoms with Gasteiger partial charge in [0.2, 0.25) is 11.8 Å². The van der Waals surface area contributed by atoms with Gasteiger partial charge in [0.1, 0.15) is 6.54 Å². The number of fused-ring (bicyclic) bond motifs is 1. The number of benzene rings is 2. The topological polar surface area (TPSA) is 78.9 Å². The van der Waals surface area contributed by atoms with Crippen molar-refractivity contribution in [3.63, 3.8) is 0 Å². The molecule has 0 aromatic heterocycles. The number of hydrogen-bond acceptors (Lipinski definition) is 5. The predicted molar refractivity (Wildman–Crippen MR) is 105 cm³/mol. The molecule has 7 heteroatoms. The summed E-state index contributed by atoms with van der Waals surface area (Å²) < 4.78 is 4.60. The summed E-state index contributed by atoms with van der Waals surface area (Å²) in [4.78, 5) is 39.7. The summed E-state index contributed by atoms with van der Waals surface area (Å²) in [5.74, 6) is -0.918. The van der Waals surface area contributed by atoms with Crippen molar-refractivity contribution >= 4 is 28.6 Å². The minimum absolute atomic E-state index is 0.0180. The van der Waals surface area contributed by atoms with Gasteiger partial charge in [-0.15, -0.1) is 0 Å². The number of amides is 2. The largest absolute Gasteiger partial charge is 0.468 e. The third-order valence-corrected chi connectivity index (χ3v) is 5.08. The zero-order chi connectivity index (χ0) is 20.1. The van der Waals surface area contributed by atoms with Crippen molar-refractivity contribution in [3.05, 3.63) is 48.0 Å². The van der Waals surface area contributed by atoms with E-state index in [0.717, 1.165) is 16.3 Å². The predicted octanol–water partition coefficient (Wildman–Crippen LogP) is 1.16. The van der Waals surface area contributed by atoms with Gasteiger partial charge >= 0.3 is 5.97 Å². The number of piperazine rings is 1. The molecule has 1 saturated heterocycles. The number of rotatable bonds is 6. The van der Waals surface area contributed by atoms with Crippen LogP contribution in [-0.2, 0) is 25.7 Å². The normalized spacial score (nSPS) is 17.2. The first-order valence-corrected chi connectivity index (χ1v) is 9.28. The van der Waals surface area contributed by atoms with Crippen LogP contribution in [0.15, 0.2) is 42.5 Å².